The fourth-order valence-corrected chi connectivity index (χ4v) is 6.43. The molecule has 6 heteroatoms. The second-order valence-electron chi connectivity index (χ2n) is 10.1. The molecule has 3 fully saturated rings. The minimum Gasteiger partial charge on any atom is -0.432 e. The molecule has 174 valence electrons. The van der Waals surface area contributed by atoms with Crippen LogP contribution in [-0.2, 0) is 4.74 Å². The van der Waals surface area contributed by atoms with Gasteiger partial charge in [-0.3, -0.25) is 0 Å². The van der Waals surface area contributed by atoms with Gasteiger partial charge in [-0.15, -0.1) is 0 Å². The molecule has 0 amide bonds. The number of ether oxygens (including phenoxy) is 1. The summed E-state index contributed by atoms with van der Waals surface area (Å²) in [5.41, 5.74) is 0. The Morgan fingerprint density at radius 1 is 0.677 bits per heavy atom. The highest BCUT2D eigenvalue weighted by Crippen LogP contribution is 2.48. The highest BCUT2D eigenvalue weighted by molar-refractivity contribution is 5.31. The smallest absolute Gasteiger partial charge is 0.400 e. The van der Waals surface area contributed by atoms with Gasteiger partial charge in [-0.25, -0.2) is 13.2 Å². The van der Waals surface area contributed by atoms with Crippen molar-refractivity contribution in [1.82, 2.24) is 0 Å². The number of alkyl halides is 2. The second kappa shape index (κ2) is 9.66. The quantitative estimate of drug-likeness (QED) is 0.385. The van der Waals surface area contributed by atoms with E-state index in [-0.39, 0.29) is 0 Å². The predicted molar refractivity (Wildman–Crippen MR) is 110 cm³/mol. The number of halogens is 5. The molecule has 0 heterocycles. The molecule has 4 aliphatic carbocycles. The summed E-state index contributed by atoms with van der Waals surface area (Å²) in [5, 5.41) is 0. The first kappa shape index (κ1) is 22.8. The van der Waals surface area contributed by atoms with Gasteiger partial charge in [0.25, 0.3) is 0 Å². The standard InChI is InChI=1S/C25H33F5O/c26-21-13-22(15-24(28)23(27)14-21)31-25(29,30)20-11-9-19(10-12-20)18-7-5-17(6-8-18)16-3-1-2-4-16/h13,15-20H,1-12,14H2. The van der Waals surface area contributed by atoms with Gasteiger partial charge in [-0.2, -0.15) is 8.78 Å². The van der Waals surface area contributed by atoms with Crippen molar-refractivity contribution in [3.63, 3.8) is 0 Å². The van der Waals surface area contributed by atoms with Crippen molar-refractivity contribution in [2.45, 2.75) is 89.6 Å². The van der Waals surface area contributed by atoms with Crippen LogP contribution in [0.15, 0.2) is 35.4 Å². The Balaban J connectivity index is 1.28. The molecule has 31 heavy (non-hydrogen) atoms. The van der Waals surface area contributed by atoms with Crippen molar-refractivity contribution >= 4 is 0 Å². The summed E-state index contributed by atoms with van der Waals surface area (Å²) < 4.78 is 74.6. The maximum Gasteiger partial charge on any atom is 0.400 e. The van der Waals surface area contributed by atoms with Crippen LogP contribution in [0.3, 0.4) is 0 Å². The van der Waals surface area contributed by atoms with Gasteiger partial charge < -0.3 is 4.74 Å². The Morgan fingerprint density at radius 3 is 1.71 bits per heavy atom. The number of hydrogen-bond acceptors (Lipinski definition) is 1. The SMILES string of the molecule is FC1=CC(OC(F)(F)C2CCC(C3CCC(C4CCCC4)CC3)CC2)=CC(F)=C(F)C1. The molecule has 0 spiro atoms. The number of rotatable bonds is 5. The van der Waals surface area contributed by atoms with Crippen LogP contribution in [0.4, 0.5) is 22.0 Å². The molecule has 4 rings (SSSR count). The van der Waals surface area contributed by atoms with Crippen LogP contribution in [0.2, 0.25) is 0 Å². The van der Waals surface area contributed by atoms with Crippen LogP contribution >= 0.6 is 0 Å². The van der Waals surface area contributed by atoms with Gasteiger partial charge in [0.15, 0.2) is 5.83 Å². The lowest BCUT2D eigenvalue weighted by molar-refractivity contribution is -0.254. The van der Waals surface area contributed by atoms with E-state index in [0.29, 0.717) is 36.8 Å². The van der Waals surface area contributed by atoms with E-state index in [9.17, 15) is 22.0 Å². The van der Waals surface area contributed by atoms with Crippen molar-refractivity contribution in [3.8, 4) is 0 Å². The van der Waals surface area contributed by atoms with Gasteiger partial charge in [-0.1, -0.05) is 25.7 Å². The van der Waals surface area contributed by atoms with E-state index in [1.165, 1.54) is 51.4 Å². The summed E-state index contributed by atoms with van der Waals surface area (Å²) in [7, 11) is 0. The molecule has 0 atom stereocenters. The molecule has 0 radical (unpaired) electrons. The summed E-state index contributed by atoms with van der Waals surface area (Å²) in [6.07, 6.45) is 9.45. The van der Waals surface area contributed by atoms with Crippen molar-refractivity contribution in [1.29, 1.82) is 0 Å². The van der Waals surface area contributed by atoms with E-state index >= 15 is 0 Å². The fourth-order valence-electron chi connectivity index (χ4n) is 6.43. The Hall–Kier alpha value is -1.33. The minimum atomic E-state index is -3.53. The molecule has 0 aromatic rings. The van der Waals surface area contributed by atoms with E-state index in [1.54, 1.807) is 0 Å². The average Bonchev–Trinajstić information content (AvgIpc) is 3.24. The van der Waals surface area contributed by atoms with Crippen LogP contribution in [-0.4, -0.2) is 6.11 Å². The molecule has 0 aromatic heterocycles. The number of hydrogen-bond donors (Lipinski definition) is 0. The summed E-state index contributed by atoms with van der Waals surface area (Å²) >= 11 is 0. The Kier molecular flexibility index (Phi) is 7.12. The molecule has 1 nitrogen and oxygen atoms in total. The highest BCUT2D eigenvalue weighted by atomic mass is 19.3. The Morgan fingerprint density at radius 2 is 1.16 bits per heavy atom. The minimum absolute atomic E-state index is 0.340. The average molecular weight is 445 g/mol. The normalized spacial score (nSPS) is 33.7. The lowest BCUT2D eigenvalue weighted by atomic mass is 9.67. The lowest BCUT2D eigenvalue weighted by Crippen LogP contribution is -2.36. The highest BCUT2D eigenvalue weighted by Gasteiger charge is 2.45. The van der Waals surface area contributed by atoms with E-state index in [1.807, 2.05) is 0 Å². The van der Waals surface area contributed by atoms with E-state index in [0.717, 1.165) is 24.7 Å². The monoisotopic (exact) mass is 444 g/mol. The lowest BCUT2D eigenvalue weighted by Gasteiger charge is -2.40. The molecule has 0 N–H and O–H groups in total. The predicted octanol–water partition coefficient (Wildman–Crippen LogP) is 8.69. The summed E-state index contributed by atoms with van der Waals surface area (Å²) in [5.74, 6) is -2.48. The molecular formula is C25H33F5O. The zero-order valence-corrected chi connectivity index (χ0v) is 18.0. The van der Waals surface area contributed by atoms with Gasteiger partial charge >= 0.3 is 6.11 Å². The molecule has 3 saturated carbocycles. The van der Waals surface area contributed by atoms with Crippen LogP contribution < -0.4 is 0 Å². The first-order chi connectivity index (χ1) is 14.8. The van der Waals surface area contributed by atoms with E-state index in [4.69, 9.17) is 4.74 Å². The first-order valence-corrected chi connectivity index (χ1v) is 12.0. The third-order valence-electron chi connectivity index (χ3n) is 8.20. The van der Waals surface area contributed by atoms with Gasteiger partial charge in [0.1, 0.15) is 17.4 Å². The topological polar surface area (TPSA) is 9.23 Å². The molecule has 0 unspecified atom stereocenters. The largest absolute Gasteiger partial charge is 0.432 e. The van der Waals surface area contributed by atoms with Crippen molar-refractivity contribution in [3.05, 3.63) is 35.4 Å². The van der Waals surface area contributed by atoms with Gasteiger partial charge in [0.05, 0.1) is 12.3 Å². The maximum atomic E-state index is 14.7. The maximum absolute atomic E-state index is 14.7. The fraction of sp³-hybridized carbons (Fsp3) is 0.760. The molecule has 0 saturated heterocycles. The zero-order chi connectivity index (χ0) is 22.0. The Bertz CT molecular complexity index is 718. The molecule has 0 bridgehead atoms. The van der Waals surface area contributed by atoms with Crippen LogP contribution in [0, 0.1) is 29.6 Å². The van der Waals surface area contributed by atoms with Crippen molar-refractivity contribution in [2.24, 2.45) is 29.6 Å². The van der Waals surface area contributed by atoms with Crippen LogP contribution in [0.5, 0.6) is 0 Å². The molecule has 0 aliphatic heterocycles. The van der Waals surface area contributed by atoms with Crippen molar-refractivity contribution in [2.75, 3.05) is 0 Å². The summed E-state index contributed by atoms with van der Waals surface area (Å²) in [4.78, 5) is 0. The molecular weight excluding hydrogens is 411 g/mol. The van der Waals surface area contributed by atoms with E-state index < -0.39 is 41.7 Å². The van der Waals surface area contributed by atoms with E-state index in [2.05, 4.69) is 0 Å². The summed E-state index contributed by atoms with van der Waals surface area (Å²) in [6, 6.07) is 0. The molecule has 0 aromatic carbocycles. The number of allylic oxidation sites excluding steroid dienone is 5. The van der Waals surface area contributed by atoms with Gasteiger partial charge in [-0.05, 0) is 75.0 Å². The Labute approximate surface area is 181 Å². The van der Waals surface area contributed by atoms with Crippen LogP contribution in [0.1, 0.15) is 83.5 Å². The van der Waals surface area contributed by atoms with Crippen LogP contribution in [0.25, 0.3) is 0 Å². The zero-order valence-electron chi connectivity index (χ0n) is 18.0. The first-order valence-electron chi connectivity index (χ1n) is 12.0. The molecule has 4 aliphatic rings. The third-order valence-corrected chi connectivity index (χ3v) is 8.20. The third kappa shape index (κ3) is 5.54. The van der Waals surface area contributed by atoms with Crippen molar-refractivity contribution < 1.29 is 26.7 Å². The van der Waals surface area contributed by atoms with Gasteiger partial charge in [0, 0.05) is 12.2 Å². The summed E-state index contributed by atoms with van der Waals surface area (Å²) in [6.45, 7) is 0. The van der Waals surface area contributed by atoms with Gasteiger partial charge in [0.2, 0.25) is 0 Å². The second-order valence-corrected chi connectivity index (χ2v) is 10.1.